The maximum atomic E-state index is 13.4. The van der Waals surface area contributed by atoms with Gasteiger partial charge in [-0.2, -0.15) is 0 Å². The molecule has 0 aliphatic carbocycles. The number of hydrogen-bond donors (Lipinski definition) is 3. The molecule has 0 radical (unpaired) electrons. The number of hydrogen-bond acceptors (Lipinski definition) is 2. The lowest BCUT2D eigenvalue weighted by Gasteiger charge is -2.15. The molecule has 3 N–H and O–H groups in total. The van der Waals surface area contributed by atoms with E-state index >= 15 is 0 Å². The number of carbonyl (C=O) groups is 2. The molecule has 1 aromatic carbocycles. The number of rotatable bonds is 5. The molecule has 0 fully saturated rings. The normalized spacial score (nSPS) is 11.7. The Kier molecular flexibility index (Phi) is 5.29. The van der Waals surface area contributed by atoms with Crippen LogP contribution in [0.15, 0.2) is 18.2 Å². The average Bonchev–Trinajstić information content (AvgIpc) is 2.32. The Morgan fingerprint density at radius 1 is 1.42 bits per heavy atom. The molecule has 1 aromatic rings. The highest BCUT2D eigenvalue weighted by atomic mass is 19.1. The second kappa shape index (κ2) is 6.72. The molecule has 104 valence electrons. The van der Waals surface area contributed by atoms with Crippen LogP contribution in [0.4, 0.5) is 9.18 Å². The van der Waals surface area contributed by atoms with Crippen molar-refractivity contribution in [3.8, 4) is 0 Å². The molecule has 0 aliphatic rings. The van der Waals surface area contributed by atoms with Gasteiger partial charge in [0.15, 0.2) is 0 Å². The lowest BCUT2D eigenvalue weighted by atomic mass is 10.1. The number of nitrogens with one attached hydrogen (secondary N) is 2. The third kappa shape index (κ3) is 4.95. The highest BCUT2D eigenvalue weighted by Gasteiger charge is 2.10. The number of amides is 2. The van der Waals surface area contributed by atoms with E-state index < -0.39 is 12.0 Å². The number of halogens is 1. The van der Waals surface area contributed by atoms with Crippen LogP contribution in [0.5, 0.6) is 0 Å². The van der Waals surface area contributed by atoms with Crippen LogP contribution in [0, 0.1) is 12.7 Å². The molecule has 2 amide bonds. The van der Waals surface area contributed by atoms with Gasteiger partial charge in [0.1, 0.15) is 5.82 Å². The second-order valence-corrected chi connectivity index (χ2v) is 4.27. The number of carboxylic acid groups (broad SMARTS) is 1. The smallest absolute Gasteiger partial charge is 0.315 e. The summed E-state index contributed by atoms with van der Waals surface area (Å²) >= 11 is 0. The summed E-state index contributed by atoms with van der Waals surface area (Å²) in [6.07, 6.45) is -0.138. The monoisotopic (exact) mass is 268 g/mol. The molecular formula is C13H17FN2O3. The van der Waals surface area contributed by atoms with E-state index in [9.17, 15) is 14.0 Å². The number of aryl methyl sites for hydroxylation is 1. The quantitative estimate of drug-likeness (QED) is 0.764. The van der Waals surface area contributed by atoms with Crippen molar-refractivity contribution >= 4 is 12.0 Å². The zero-order valence-corrected chi connectivity index (χ0v) is 10.9. The van der Waals surface area contributed by atoms with Gasteiger partial charge in [0, 0.05) is 6.54 Å². The molecular weight excluding hydrogens is 251 g/mol. The van der Waals surface area contributed by atoms with Crippen molar-refractivity contribution in [2.24, 2.45) is 0 Å². The standard InChI is InChI=1S/C13H17FN2O3/c1-8-3-4-10(7-11(8)14)9(2)16-13(19)15-6-5-12(17)18/h3-4,7,9H,5-6H2,1-2H3,(H,17,18)(H2,15,16,19)/t9-/m1/s1. The first-order valence-corrected chi connectivity index (χ1v) is 5.92. The molecule has 0 heterocycles. The summed E-state index contributed by atoms with van der Waals surface area (Å²) < 4.78 is 13.4. The minimum atomic E-state index is -0.978. The largest absolute Gasteiger partial charge is 0.481 e. The van der Waals surface area contributed by atoms with Gasteiger partial charge >= 0.3 is 12.0 Å². The van der Waals surface area contributed by atoms with Crippen molar-refractivity contribution in [3.05, 3.63) is 35.1 Å². The van der Waals surface area contributed by atoms with Gasteiger partial charge in [-0.25, -0.2) is 9.18 Å². The summed E-state index contributed by atoms with van der Waals surface area (Å²) in [5.41, 5.74) is 1.19. The van der Waals surface area contributed by atoms with Crippen LogP contribution in [0.25, 0.3) is 0 Å². The Morgan fingerprint density at radius 3 is 2.68 bits per heavy atom. The fraction of sp³-hybridized carbons (Fsp3) is 0.385. The Hall–Kier alpha value is -2.11. The van der Waals surface area contributed by atoms with E-state index in [1.54, 1.807) is 26.0 Å². The molecule has 0 bridgehead atoms. The molecule has 1 rings (SSSR count). The number of carboxylic acids is 1. The maximum absolute atomic E-state index is 13.4. The van der Waals surface area contributed by atoms with Gasteiger partial charge in [-0.1, -0.05) is 12.1 Å². The molecule has 5 nitrogen and oxygen atoms in total. The van der Waals surface area contributed by atoms with Crippen LogP contribution in [-0.4, -0.2) is 23.7 Å². The van der Waals surface area contributed by atoms with Crippen molar-refractivity contribution in [1.29, 1.82) is 0 Å². The fourth-order valence-electron chi connectivity index (χ4n) is 1.49. The van der Waals surface area contributed by atoms with Crippen LogP contribution in [0.3, 0.4) is 0 Å². The van der Waals surface area contributed by atoms with Crippen molar-refractivity contribution in [1.82, 2.24) is 10.6 Å². The third-order valence-corrected chi connectivity index (χ3v) is 2.67. The van der Waals surface area contributed by atoms with Crippen molar-refractivity contribution in [3.63, 3.8) is 0 Å². The van der Waals surface area contributed by atoms with E-state index in [-0.39, 0.29) is 24.8 Å². The zero-order chi connectivity index (χ0) is 14.4. The number of aliphatic carboxylic acids is 1. The van der Waals surface area contributed by atoms with Crippen molar-refractivity contribution < 1.29 is 19.1 Å². The fourth-order valence-corrected chi connectivity index (χ4v) is 1.49. The topological polar surface area (TPSA) is 78.4 Å². The van der Waals surface area contributed by atoms with E-state index in [0.29, 0.717) is 11.1 Å². The van der Waals surface area contributed by atoms with Crippen molar-refractivity contribution in [2.75, 3.05) is 6.54 Å². The van der Waals surface area contributed by atoms with Crippen LogP contribution in [0.1, 0.15) is 30.5 Å². The predicted molar refractivity (Wildman–Crippen MR) is 68.3 cm³/mol. The lowest BCUT2D eigenvalue weighted by Crippen LogP contribution is -2.38. The van der Waals surface area contributed by atoms with Gasteiger partial charge in [-0.3, -0.25) is 4.79 Å². The first kappa shape index (κ1) is 14.9. The summed E-state index contributed by atoms with van der Waals surface area (Å²) in [7, 11) is 0. The Bertz CT molecular complexity index is 477. The third-order valence-electron chi connectivity index (χ3n) is 2.67. The van der Waals surface area contributed by atoms with Gasteiger partial charge in [0.05, 0.1) is 12.5 Å². The summed E-state index contributed by atoms with van der Waals surface area (Å²) in [4.78, 5) is 21.7. The Labute approximate surface area is 110 Å². The van der Waals surface area contributed by atoms with Crippen LogP contribution < -0.4 is 10.6 Å². The van der Waals surface area contributed by atoms with E-state index in [2.05, 4.69) is 10.6 Å². The number of benzene rings is 1. The SMILES string of the molecule is Cc1ccc([C@@H](C)NC(=O)NCCC(=O)O)cc1F. The highest BCUT2D eigenvalue weighted by Crippen LogP contribution is 2.15. The molecule has 0 aliphatic heterocycles. The summed E-state index contributed by atoms with van der Waals surface area (Å²) in [5, 5.41) is 13.5. The first-order chi connectivity index (χ1) is 8.90. The predicted octanol–water partition coefficient (Wildman–Crippen LogP) is 1.97. The van der Waals surface area contributed by atoms with Gasteiger partial charge in [0.25, 0.3) is 0 Å². The zero-order valence-electron chi connectivity index (χ0n) is 10.9. The van der Waals surface area contributed by atoms with Crippen LogP contribution in [-0.2, 0) is 4.79 Å². The van der Waals surface area contributed by atoms with E-state index in [1.807, 2.05) is 0 Å². The summed E-state index contributed by atoms with van der Waals surface area (Å²) in [6, 6.07) is 3.92. The molecule has 0 spiro atoms. The molecule has 0 saturated heterocycles. The Morgan fingerprint density at radius 2 is 2.11 bits per heavy atom. The molecule has 0 saturated carbocycles. The van der Waals surface area contributed by atoms with E-state index in [1.165, 1.54) is 6.07 Å². The van der Waals surface area contributed by atoms with Crippen LogP contribution >= 0.6 is 0 Å². The second-order valence-electron chi connectivity index (χ2n) is 4.27. The Balaban J connectivity index is 2.49. The van der Waals surface area contributed by atoms with E-state index in [4.69, 9.17) is 5.11 Å². The molecule has 1 atom stereocenters. The van der Waals surface area contributed by atoms with Gasteiger partial charge in [-0.05, 0) is 31.0 Å². The van der Waals surface area contributed by atoms with Gasteiger partial charge in [0.2, 0.25) is 0 Å². The minimum absolute atomic E-state index is 0.0517. The van der Waals surface area contributed by atoms with Crippen LogP contribution in [0.2, 0.25) is 0 Å². The minimum Gasteiger partial charge on any atom is -0.481 e. The maximum Gasteiger partial charge on any atom is 0.315 e. The molecule has 0 unspecified atom stereocenters. The summed E-state index contributed by atoms with van der Waals surface area (Å²) in [5.74, 6) is -1.30. The molecule has 0 aromatic heterocycles. The lowest BCUT2D eigenvalue weighted by molar-refractivity contribution is -0.136. The molecule has 19 heavy (non-hydrogen) atoms. The summed E-state index contributed by atoms with van der Waals surface area (Å²) in [6.45, 7) is 3.44. The highest BCUT2D eigenvalue weighted by molar-refractivity contribution is 5.75. The number of urea groups is 1. The first-order valence-electron chi connectivity index (χ1n) is 5.92. The van der Waals surface area contributed by atoms with Crippen molar-refractivity contribution in [2.45, 2.75) is 26.3 Å². The number of carbonyl (C=O) groups excluding carboxylic acids is 1. The van der Waals surface area contributed by atoms with E-state index in [0.717, 1.165) is 0 Å². The average molecular weight is 268 g/mol. The van der Waals surface area contributed by atoms with Gasteiger partial charge < -0.3 is 15.7 Å². The molecule has 6 heteroatoms. The van der Waals surface area contributed by atoms with Gasteiger partial charge in [-0.15, -0.1) is 0 Å².